The smallest absolute Gasteiger partial charge is 0.340 e. The van der Waals surface area contributed by atoms with Crippen LogP contribution < -0.4 is 5.32 Å². The standard InChI is InChI=1S/C22H19NO4S/c1-14(24)23-20-12-17-6-4-3-5-16(17)11-19(20)22(26)27-13-21(25)15-7-9-18(28-2)10-8-15/h3-12H,13H2,1-2H3,(H,23,24). The molecule has 0 unspecified atom stereocenters. The Bertz CT molecular complexity index is 1040. The maximum atomic E-state index is 12.6. The van der Waals surface area contributed by atoms with Crippen molar-refractivity contribution in [3.63, 3.8) is 0 Å². The molecule has 3 aromatic rings. The van der Waals surface area contributed by atoms with Crippen molar-refractivity contribution in [3.05, 3.63) is 71.8 Å². The Morgan fingerprint density at radius 1 is 0.964 bits per heavy atom. The monoisotopic (exact) mass is 393 g/mol. The Labute approximate surface area is 167 Å². The van der Waals surface area contributed by atoms with Crippen molar-refractivity contribution < 1.29 is 19.1 Å². The van der Waals surface area contributed by atoms with Gasteiger partial charge in [-0.1, -0.05) is 36.4 Å². The van der Waals surface area contributed by atoms with E-state index in [2.05, 4.69) is 5.32 Å². The summed E-state index contributed by atoms with van der Waals surface area (Å²) in [6.45, 7) is 0.996. The third kappa shape index (κ3) is 4.58. The second kappa shape index (κ2) is 8.71. The number of Topliss-reactive ketones (excluding diaryl/α,β-unsaturated/α-hetero) is 1. The van der Waals surface area contributed by atoms with Crippen LogP contribution in [0.2, 0.25) is 0 Å². The number of anilines is 1. The molecule has 142 valence electrons. The molecule has 0 fully saturated rings. The first kappa shape index (κ1) is 19.6. The molecule has 0 spiro atoms. The van der Waals surface area contributed by atoms with Gasteiger partial charge in [0.05, 0.1) is 11.3 Å². The molecule has 3 rings (SSSR count). The minimum absolute atomic E-state index is 0.208. The van der Waals surface area contributed by atoms with Gasteiger partial charge in [-0.25, -0.2) is 4.79 Å². The zero-order chi connectivity index (χ0) is 20.1. The van der Waals surface area contributed by atoms with Gasteiger partial charge in [-0.3, -0.25) is 9.59 Å². The van der Waals surface area contributed by atoms with Gasteiger partial charge in [-0.2, -0.15) is 0 Å². The van der Waals surface area contributed by atoms with Crippen molar-refractivity contribution in [2.75, 3.05) is 18.2 Å². The SMILES string of the molecule is CSc1ccc(C(=O)COC(=O)c2cc3ccccc3cc2NC(C)=O)cc1. The molecule has 0 bridgehead atoms. The summed E-state index contributed by atoms with van der Waals surface area (Å²) in [5.74, 6) is -1.25. The van der Waals surface area contributed by atoms with Crippen LogP contribution in [0.5, 0.6) is 0 Å². The fourth-order valence-electron chi connectivity index (χ4n) is 2.77. The molecule has 3 aromatic carbocycles. The zero-order valence-electron chi connectivity index (χ0n) is 15.5. The topological polar surface area (TPSA) is 72.5 Å². The molecule has 1 N–H and O–H groups in total. The van der Waals surface area contributed by atoms with Crippen LogP contribution in [0.1, 0.15) is 27.6 Å². The first-order valence-corrected chi connectivity index (χ1v) is 9.85. The minimum atomic E-state index is -0.663. The normalized spacial score (nSPS) is 10.5. The van der Waals surface area contributed by atoms with Gasteiger partial charge in [-0.15, -0.1) is 11.8 Å². The fourth-order valence-corrected chi connectivity index (χ4v) is 3.18. The average molecular weight is 393 g/mol. The van der Waals surface area contributed by atoms with Crippen LogP contribution in [0.25, 0.3) is 10.8 Å². The van der Waals surface area contributed by atoms with E-state index in [0.717, 1.165) is 15.7 Å². The molecule has 28 heavy (non-hydrogen) atoms. The quantitative estimate of drug-likeness (QED) is 0.378. The number of benzene rings is 3. The second-order valence-corrected chi connectivity index (χ2v) is 7.03. The molecule has 0 saturated carbocycles. The summed E-state index contributed by atoms with van der Waals surface area (Å²) in [6, 6.07) is 18.0. The number of ether oxygens (including phenoxy) is 1. The largest absolute Gasteiger partial charge is 0.454 e. The van der Waals surface area contributed by atoms with Crippen molar-refractivity contribution >= 4 is 45.9 Å². The number of amides is 1. The van der Waals surface area contributed by atoms with Crippen molar-refractivity contribution in [3.8, 4) is 0 Å². The maximum Gasteiger partial charge on any atom is 0.340 e. The van der Waals surface area contributed by atoms with Gasteiger partial charge in [-0.05, 0) is 41.3 Å². The number of thioether (sulfide) groups is 1. The molecule has 6 heteroatoms. The molecule has 1 amide bonds. The Morgan fingerprint density at radius 3 is 2.21 bits per heavy atom. The van der Waals surface area contributed by atoms with Crippen LogP contribution in [-0.4, -0.2) is 30.5 Å². The predicted molar refractivity (Wildman–Crippen MR) is 111 cm³/mol. The summed E-state index contributed by atoms with van der Waals surface area (Å²) in [7, 11) is 0. The van der Waals surface area contributed by atoms with Crippen LogP contribution in [-0.2, 0) is 9.53 Å². The van der Waals surface area contributed by atoms with E-state index in [1.54, 1.807) is 36.0 Å². The molecule has 0 radical (unpaired) electrons. The fraction of sp³-hybridized carbons (Fsp3) is 0.136. The molecule has 0 aliphatic carbocycles. The van der Waals surface area contributed by atoms with E-state index in [0.29, 0.717) is 11.3 Å². The number of ketones is 1. The first-order valence-electron chi connectivity index (χ1n) is 8.62. The summed E-state index contributed by atoms with van der Waals surface area (Å²) in [5.41, 5.74) is 1.04. The van der Waals surface area contributed by atoms with E-state index in [1.165, 1.54) is 6.92 Å². The average Bonchev–Trinajstić information content (AvgIpc) is 2.70. The van der Waals surface area contributed by atoms with E-state index in [-0.39, 0.29) is 23.9 Å². The Morgan fingerprint density at radius 2 is 1.61 bits per heavy atom. The summed E-state index contributed by atoms with van der Waals surface area (Å²) < 4.78 is 5.23. The van der Waals surface area contributed by atoms with Gasteiger partial charge in [0.1, 0.15) is 0 Å². The number of nitrogens with one attached hydrogen (secondary N) is 1. The minimum Gasteiger partial charge on any atom is -0.454 e. The zero-order valence-corrected chi connectivity index (χ0v) is 16.3. The maximum absolute atomic E-state index is 12.6. The van der Waals surface area contributed by atoms with Crippen molar-refractivity contribution in [2.45, 2.75) is 11.8 Å². The highest BCUT2D eigenvalue weighted by Crippen LogP contribution is 2.25. The van der Waals surface area contributed by atoms with Crippen LogP contribution >= 0.6 is 11.8 Å². The van der Waals surface area contributed by atoms with Crippen molar-refractivity contribution in [2.24, 2.45) is 0 Å². The number of hydrogen-bond donors (Lipinski definition) is 1. The molecule has 0 atom stereocenters. The molecule has 5 nitrogen and oxygen atoms in total. The third-order valence-corrected chi connectivity index (χ3v) is 4.91. The number of hydrogen-bond acceptors (Lipinski definition) is 5. The van der Waals surface area contributed by atoms with Gasteiger partial charge in [0.2, 0.25) is 5.91 Å². The van der Waals surface area contributed by atoms with Gasteiger partial charge >= 0.3 is 5.97 Å². The first-order chi connectivity index (χ1) is 13.5. The van der Waals surface area contributed by atoms with Crippen LogP contribution in [0.3, 0.4) is 0 Å². The van der Waals surface area contributed by atoms with E-state index in [9.17, 15) is 14.4 Å². The number of carbonyl (C=O) groups is 3. The predicted octanol–water partition coefficient (Wildman–Crippen LogP) is 4.56. The number of esters is 1. The number of rotatable bonds is 6. The Balaban J connectivity index is 1.79. The summed E-state index contributed by atoms with van der Waals surface area (Å²) in [5, 5.41) is 4.37. The van der Waals surface area contributed by atoms with E-state index < -0.39 is 5.97 Å². The van der Waals surface area contributed by atoms with E-state index in [1.807, 2.05) is 42.7 Å². The molecule has 0 saturated heterocycles. The van der Waals surface area contributed by atoms with E-state index >= 15 is 0 Å². The van der Waals surface area contributed by atoms with E-state index in [4.69, 9.17) is 4.74 Å². The molecular formula is C22H19NO4S. The Hall–Kier alpha value is -3.12. The lowest BCUT2D eigenvalue weighted by Crippen LogP contribution is -2.17. The highest BCUT2D eigenvalue weighted by molar-refractivity contribution is 7.98. The molecular weight excluding hydrogens is 374 g/mol. The van der Waals surface area contributed by atoms with Crippen LogP contribution in [0.4, 0.5) is 5.69 Å². The van der Waals surface area contributed by atoms with Gasteiger partial charge < -0.3 is 10.1 Å². The van der Waals surface area contributed by atoms with Gasteiger partial charge in [0.25, 0.3) is 0 Å². The van der Waals surface area contributed by atoms with Crippen LogP contribution in [0, 0.1) is 0 Å². The molecule has 0 aliphatic rings. The van der Waals surface area contributed by atoms with Crippen molar-refractivity contribution in [1.82, 2.24) is 0 Å². The Kier molecular flexibility index (Phi) is 6.11. The van der Waals surface area contributed by atoms with Gasteiger partial charge in [0.15, 0.2) is 12.4 Å². The number of fused-ring (bicyclic) bond motifs is 1. The molecule has 0 heterocycles. The van der Waals surface area contributed by atoms with Crippen LogP contribution in [0.15, 0.2) is 65.6 Å². The molecule has 0 aromatic heterocycles. The lowest BCUT2D eigenvalue weighted by Gasteiger charge is -2.12. The van der Waals surface area contributed by atoms with Crippen molar-refractivity contribution in [1.29, 1.82) is 0 Å². The summed E-state index contributed by atoms with van der Waals surface area (Å²) >= 11 is 1.58. The number of carbonyl (C=O) groups excluding carboxylic acids is 3. The lowest BCUT2D eigenvalue weighted by atomic mass is 10.0. The summed E-state index contributed by atoms with van der Waals surface area (Å²) in [6.07, 6.45) is 1.95. The highest BCUT2D eigenvalue weighted by atomic mass is 32.2. The molecule has 0 aliphatic heterocycles. The summed E-state index contributed by atoms with van der Waals surface area (Å²) in [4.78, 5) is 37.5. The lowest BCUT2D eigenvalue weighted by molar-refractivity contribution is -0.114. The third-order valence-electron chi connectivity index (χ3n) is 4.16. The van der Waals surface area contributed by atoms with Gasteiger partial charge in [0, 0.05) is 17.4 Å². The second-order valence-electron chi connectivity index (χ2n) is 6.15. The highest BCUT2D eigenvalue weighted by Gasteiger charge is 2.17.